The molecule has 1 saturated heterocycles. The largest absolute Gasteiger partial charge is 0.503 e. The fourth-order valence-corrected chi connectivity index (χ4v) is 3.07. The van der Waals surface area contributed by atoms with E-state index in [1.54, 1.807) is 0 Å². The number of phosphoric acid groups is 2. The zero-order valence-corrected chi connectivity index (χ0v) is 14.1. The van der Waals surface area contributed by atoms with E-state index in [1.807, 2.05) is 0 Å². The predicted molar refractivity (Wildman–Crippen MR) is 78.0 cm³/mol. The summed E-state index contributed by atoms with van der Waals surface area (Å²) < 4.78 is 36.7. The van der Waals surface area contributed by atoms with Gasteiger partial charge in [-0.2, -0.15) is 4.98 Å². The maximum absolute atomic E-state index is 11.8. The Morgan fingerprint density at radius 2 is 1.96 bits per heavy atom. The predicted octanol–water partition coefficient (Wildman–Crippen LogP) is -1.59. The van der Waals surface area contributed by atoms with Gasteiger partial charge in [-0.1, -0.05) is 0 Å². The molecule has 0 saturated carbocycles. The summed E-state index contributed by atoms with van der Waals surface area (Å²) in [6.07, 6.45) is -3.28. The van der Waals surface area contributed by atoms with Gasteiger partial charge >= 0.3 is 21.3 Å². The van der Waals surface area contributed by atoms with Gasteiger partial charge in [-0.15, -0.1) is 0 Å². The van der Waals surface area contributed by atoms with E-state index in [2.05, 4.69) is 14.0 Å². The third-order valence-corrected chi connectivity index (χ3v) is 4.16. The molecule has 142 valence electrons. The Kier molecular flexibility index (Phi) is 5.68. The van der Waals surface area contributed by atoms with Crippen LogP contribution >= 0.6 is 15.6 Å². The van der Waals surface area contributed by atoms with E-state index < -0.39 is 57.9 Å². The molecule has 2 heterocycles. The van der Waals surface area contributed by atoms with Crippen LogP contribution < -0.4 is 11.4 Å². The van der Waals surface area contributed by atoms with Crippen LogP contribution in [0.1, 0.15) is 12.6 Å². The fourth-order valence-electron chi connectivity index (χ4n) is 2.16. The van der Waals surface area contributed by atoms with Crippen LogP contribution in [0.25, 0.3) is 0 Å². The lowest BCUT2D eigenvalue weighted by Crippen LogP contribution is -2.29. The molecule has 16 heteroatoms. The fraction of sp³-hybridized carbons (Fsp3) is 0.556. The van der Waals surface area contributed by atoms with Gasteiger partial charge in [0, 0.05) is 6.42 Å². The van der Waals surface area contributed by atoms with E-state index in [4.69, 9.17) is 30.0 Å². The van der Waals surface area contributed by atoms with Gasteiger partial charge in [0.25, 0.3) is 0 Å². The lowest BCUT2D eigenvalue weighted by molar-refractivity contribution is -0.0445. The molecule has 3 atom stereocenters. The summed E-state index contributed by atoms with van der Waals surface area (Å²) in [5.74, 6) is -0.964. The lowest BCUT2D eigenvalue weighted by atomic mass is 10.2. The zero-order valence-electron chi connectivity index (χ0n) is 12.3. The first-order valence-corrected chi connectivity index (χ1v) is 9.59. The maximum atomic E-state index is 11.8. The van der Waals surface area contributed by atoms with Gasteiger partial charge in [0.15, 0.2) is 11.6 Å². The van der Waals surface area contributed by atoms with Gasteiger partial charge in [-0.05, 0) is 0 Å². The molecular weight excluding hydrogens is 388 g/mol. The molecule has 25 heavy (non-hydrogen) atoms. The van der Waals surface area contributed by atoms with Gasteiger partial charge in [0.2, 0.25) is 0 Å². The summed E-state index contributed by atoms with van der Waals surface area (Å²) in [4.78, 5) is 50.4. The monoisotopic (exact) mass is 403 g/mol. The molecule has 1 fully saturated rings. The van der Waals surface area contributed by atoms with Gasteiger partial charge in [0.1, 0.15) is 18.4 Å². The number of anilines is 1. The third-order valence-electron chi connectivity index (χ3n) is 3.13. The first kappa shape index (κ1) is 20.0. The van der Waals surface area contributed by atoms with Crippen molar-refractivity contribution in [2.45, 2.75) is 24.9 Å². The number of nitrogens with zero attached hydrogens (tertiary/aromatic N) is 2. The molecule has 0 spiro atoms. The van der Waals surface area contributed by atoms with Gasteiger partial charge in [-0.25, -0.2) is 13.9 Å². The summed E-state index contributed by atoms with van der Waals surface area (Å²) in [5.41, 5.74) is 4.35. The highest BCUT2D eigenvalue weighted by molar-refractivity contribution is 7.46. The number of hydrogen-bond donors (Lipinski definition) is 6. The Morgan fingerprint density at radius 3 is 2.52 bits per heavy atom. The van der Waals surface area contributed by atoms with Crippen molar-refractivity contribution in [1.82, 2.24) is 9.55 Å². The average Bonchev–Trinajstić information content (AvgIpc) is 2.80. The molecule has 0 aromatic carbocycles. The highest BCUT2D eigenvalue weighted by Crippen LogP contribution is 2.45. The molecule has 0 radical (unpaired) electrons. The van der Waals surface area contributed by atoms with Crippen LogP contribution in [0.5, 0.6) is 5.75 Å². The highest BCUT2D eigenvalue weighted by atomic mass is 31.2. The first-order valence-electron chi connectivity index (χ1n) is 6.53. The van der Waals surface area contributed by atoms with E-state index in [9.17, 15) is 19.0 Å². The summed E-state index contributed by atoms with van der Waals surface area (Å²) in [5, 5.41) is 9.53. The Balaban J connectivity index is 2.25. The molecular formula is C9H15N3O11P2. The van der Waals surface area contributed by atoms with Gasteiger partial charge in [0.05, 0.1) is 12.8 Å². The second-order valence-corrected chi connectivity index (χ2v) is 7.42. The van der Waals surface area contributed by atoms with Crippen molar-refractivity contribution in [3.05, 3.63) is 16.7 Å². The Morgan fingerprint density at radius 1 is 1.32 bits per heavy atom. The number of nitrogens with two attached hydrogens (primary N) is 1. The van der Waals surface area contributed by atoms with Crippen molar-refractivity contribution in [2.75, 3.05) is 12.3 Å². The molecule has 2 rings (SSSR count). The second-order valence-electron chi connectivity index (χ2n) is 4.99. The molecule has 0 unspecified atom stereocenters. The molecule has 1 aromatic heterocycles. The smallest absolute Gasteiger partial charge is 0.469 e. The lowest BCUT2D eigenvalue weighted by Gasteiger charge is -2.19. The molecule has 14 nitrogen and oxygen atoms in total. The molecule has 1 aromatic rings. The van der Waals surface area contributed by atoms with E-state index in [-0.39, 0.29) is 6.42 Å². The second kappa shape index (κ2) is 7.11. The maximum Gasteiger partial charge on any atom is 0.469 e. The van der Waals surface area contributed by atoms with Crippen LogP contribution in [-0.4, -0.2) is 53.0 Å². The van der Waals surface area contributed by atoms with Crippen molar-refractivity contribution in [3.8, 4) is 5.75 Å². The van der Waals surface area contributed by atoms with Crippen molar-refractivity contribution in [2.24, 2.45) is 0 Å². The zero-order chi connectivity index (χ0) is 19.0. The number of aromatic nitrogens is 2. The van der Waals surface area contributed by atoms with Gasteiger partial charge in [-0.3, -0.25) is 13.6 Å². The Bertz CT molecular complexity index is 785. The van der Waals surface area contributed by atoms with Crippen LogP contribution in [0, 0.1) is 0 Å². The number of ether oxygens (including phenoxy) is 1. The first-order chi connectivity index (χ1) is 11.4. The normalized spacial score (nSPS) is 24.6. The highest BCUT2D eigenvalue weighted by Gasteiger charge is 2.42. The molecule has 1 aliphatic rings. The third kappa shape index (κ3) is 5.57. The molecule has 7 N–H and O–H groups in total. The van der Waals surface area contributed by atoms with Crippen molar-refractivity contribution in [1.29, 1.82) is 0 Å². The van der Waals surface area contributed by atoms with Crippen LogP contribution in [0.15, 0.2) is 11.0 Å². The number of nitrogen functional groups attached to an aromatic ring is 1. The summed E-state index contributed by atoms with van der Waals surface area (Å²) in [6.45, 7) is -0.769. The van der Waals surface area contributed by atoms with E-state index in [0.29, 0.717) is 0 Å². The SMILES string of the molecule is Nc1nc(=O)n([C@H]2C[C@H](OP(=O)(O)O)[C@@H](COP(=O)(O)O)O2)cc1O. The molecule has 1 aliphatic heterocycles. The molecule has 0 amide bonds. The Labute approximate surface area is 139 Å². The minimum absolute atomic E-state index is 0.300. The van der Waals surface area contributed by atoms with Crippen molar-refractivity contribution in [3.63, 3.8) is 0 Å². The number of aromatic hydroxyl groups is 1. The number of phosphoric ester groups is 2. The van der Waals surface area contributed by atoms with Crippen molar-refractivity contribution >= 4 is 21.5 Å². The van der Waals surface area contributed by atoms with E-state index in [1.165, 1.54) is 0 Å². The summed E-state index contributed by atoms with van der Waals surface area (Å²) in [7, 11) is -9.84. The standard InChI is InChI=1S/C9H15N3O11P2/c10-8-4(13)2-12(9(14)11-8)7-1-5(23-25(18,19)20)6(22-7)3-21-24(15,16)17/h2,5-7,13H,1,3H2,(H2,10,11,14)(H2,15,16,17)(H2,18,19,20)/t5-,6+,7+/m0/s1. The summed E-state index contributed by atoms with van der Waals surface area (Å²) >= 11 is 0. The van der Waals surface area contributed by atoms with Crippen LogP contribution in [0.3, 0.4) is 0 Å². The average molecular weight is 403 g/mol. The minimum atomic E-state index is -4.97. The quantitative estimate of drug-likeness (QED) is 0.295. The molecule has 0 aliphatic carbocycles. The van der Waals surface area contributed by atoms with Crippen LogP contribution in [0.4, 0.5) is 5.82 Å². The van der Waals surface area contributed by atoms with Crippen LogP contribution in [0.2, 0.25) is 0 Å². The Hall–Kier alpha value is -1.34. The van der Waals surface area contributed by atoms with Gasteiger partial charge < -0.3 is 35.2 Å². The minimum Gasteiger partial charge on any atom is -0.503 e. The van der Waals surface area contributed by atoms with Crippen molar-refractivity contribution < 1.29 is 47.6 Å². The van der Waals surface area contributed by atoms with E-state index in [0.717, 1.165) is 10.8 Å². The summed E-state index contributed by atoms with van der Waals surface area (Å²) in [6, 6.07) is 0. The van der Waals surface area contributed by atoms with E-state index >= 15 is 0 Å². The molecule has 0 bridgehead atoms. The van der Waals surface area contributed by atoms with Crippen LogP contribution in [-0.2, 0) is 22.9 Å². The number of rotatable bonds is 6. The number of hydrogen-bond acceptors (Lipinski definition) is 9. The topological polar surface area (TPSA) is 224 Å².